The van der Waals surface area contributed by atoms with E-state index in [0.29, 0.717) is 18.6 Å². The maximum atomic E-state index is 11.7. The van der Waals surface area contributed by atoms with Gasteiger partial charge in [-0.25, -0.2) is 0 Å². The van der Waals surface area contributed by atoms with Crippen LogP contribution in [0.3, 0.4) is 0 Å². The number of carbonyl (C=O) groups excluding carboxylic acids is 2. The largest absolute Gasteiger partial charge is 0.480 e. The molecule has 1 aromatic rings. The molecule has 0 aliphatic heterocycles. The van der Waals surface area contributed by atoms with Crippen molar-refractivity contribution in [2.24, 2.45) is 5.92 Å². The van der Waals surface area contributed by atoms with Crippen molar-refractivity contribution in [3.63, 3.8) is 0 Å². The number of carbonyl (C=O) groups is 2. The number of Topliss-reactive ketones (excluding diaryl/α,β-unsaturated/α-hetero) is 2. The van der Waals surface area contributed by atoms with Gasteiger partial charge in [-0.3, -0.25) is 9.59 Å². The molecule has 1 aromatic heterocycles. The average Bonchev–Trinajstić information content (AvgIpc) is 2.40. The molecule has 15 heavy (non-hydrogen) atoms. The predicted molar refractivity (Wildman–Crippen MR) is 52.2 cm³/mol. The zero-order chi connectivity index (χ0) is 11.2. The number of ketones is 2. The molecule has 4 heteroatoms. The van der Waals surface area contributed by atoms with Crippen LogP contribution in [0.1, 0.15) is 46.7 Å². The molecule has 1 heterocycles. The normalized spacial score (nSPS) is 20.1. The monoisotopic (exact) mass is 208 g/mol. The summed E-state index contributed by atoms with van der Waals surface area (Å²) in [7, 11) is 0. The van der Waals surface area contributed by atoms with Gasteiger partial charge in [-0.15, -0.1) is 0 Å². The Labute approximate surface area is 86.9 Å². The van der Waals surface area contributed by atoms with Gasteiger partial charge in [0.1, 0.15) is 11.3 Å². The number of hydrogen-bond acceptors (Lipinski definition) is 4. The van der Waals surface area contributed by atoms with Crippen molar-refractivity contribution in [1.82, 2.24) is 0 Å². The minimum Gasteiger partial charge on any atom is -0.480 e. The first-order valence-corrected chi connectivity index (χ1v) is 4.89. The lowest BCUT2D eigenvalue weighted by atomic mass is 9.86. The molecule has 80 valence electrons. The number of aromatic hydroxyl groups is 1. The average molecular weight is 208 g/mol. The van der Waals surface area contributed by atoms with Gasteiger partial charge in [0, 0.05) is 12.8 Å². The molecule has 0 bridgehead atoms. The van der Waals surface area contributed by atoms with Crippen molar-refractivity contribution in [2.75, 3.05) is 0 Å². The van der Waals surface area contributed by atoms with Gasteiger partial charge >= 0.3 is 0 Å². The van der Waals surface area contributed by atoms with E-state index in [1.165, 1.54) is 6.92 Å². The predicted octanol–water partition coefficient (Wildman–Crippen LogP) is 1.95. The molecule has 0 fully saturated rings. The first kappa shape index (κ1) is 9.96. The second-order valence-electron chi connectivity index (χ2n) is 4.07. The molecule has 2 rings (SSSR count). The Balaban J connectivity index is 2.61. The second-order valence-corrected chi connectivity index (χ2v) is 4.07. The maximum Gasteiger partial charge on any atom is 0.294 e. The van der Waals surface area contributed by atoms with Crippen LogP contribution in [0.4, 0.5) is 0 Å². The van der Waals surface area contributed by atoms with E-state index >= 15 is 0 Å². The Morgan fingerprint density at radius 3 is 2.73 bits per heavy atom. The number of furan rings is 1. The third-order valence-corrected chi connectivity index (χ3v) is 2.66. The van der Waals surface area contributed by atoms with Gasteiger partial charge in [-0.05, 0) is 12.8 Å². The number of hydrogen-bond donors (Lipinski definition) is 1. The van der Waals surface area contributed by atoms with Crippen LogP contribution in [0.15, 0.2) is 4.42 Å². The fourth-order valence-corrected chi connectivity index (χ4v) is 2.04. The Kier molecular flexibility index (Phi) is 2.14. The van der Waals surface area contributed by atoms with Crippen LogP contribution >= 0.6 is 0 Å². The smallest absolute Gasteiger partial charge is 0.294 e. The van der Waals surface area contributed by atoms with Gasteiger partial charge in [0.05, 0.1) is 5.56 Å². The van der Waals surface area contributed by atoms with Crippen LogP contribution in [0.25, 0.3) is 0 Å². The van der Waals surface area contributed by atoms with Crippen molar-refractivity contribution in [2.45, 2.75) is 26.7 Å². The fraction of sp³-hybridized carbons (Fsp3) is 0.455. The van der Waals surface area contributed by atoms with E-state index in [0.717, 1.165) is 0 Å². The summed E-state index contributed by atoms with van der Waals surface area (Å²) < 4.78 is 5.05. The summed E-state index contributed by atoms with van der Waals surface area (Å²) in [5.74, 6) is -0.217. The van der Waals surface area contributed by atoms with E-state index in [2.05, 4.69) is 0 Å². The van der Waals surface area contributed by atoms with E-state index in [4.69, 9.17) is 4.42 Å². The molecule has 0 saturated heterocycles. The van der Waals surface area contributed by atoms with E-state index in [1.54, 1.807) is 0 Å². The lowest BCUT2D eigenvalue weighted by molar-refractivity contribution is 0.0935. The van der Waals surface area contributed by atoms with Gasteiger partial charge in [-0.1, -0.05) is 6.92 Å². The molecule has 1 aliphatic carbocycles. The summed E-state index contributed by atoms with van der Waals surface area (Å²) in [6, 6.07) is 0. The molecule has 1 atom stereocenters. The molecule has 1 unspecified atom stereocenters. The molecular weight excluding hydrogens is 196 g/mol. The first-order chi connectivity index (χ1) is 7.00. The van der Waals surface area contributed by atoms with Gasteiger partial charge in [0.15, 0.2) is 11.6 Å². The van der Waals surface area contributed by atoms with Gasteiger partial charge in [0.2, 0.25) is 0 Å². The molecule has 0 spiro atoms. The highest BCUT2D eigenvalue weighted by atomic mass is 16.5. The molecule has 4 nitrogen and oxygen atoms in total. The summed E-state index contributed by atoms with van der Waals surface area (Å²) >= 11 is 0. The molecule has 1 aliphatic rings. The van der Waals surface area contributed by atoms with Crippen molar-refractivity contribution in [3.05, 3.63) is 16.9 Å². The third-order valence-electron chi connectivity index (χ3n) is 2.66. The SMILES string of the molecule is CC(=O)c1c(O)oc2c1C(=O)CC(C)C2. The third kappa shape index (κ3) is 1.46. The summed E-state index contributed by atoms with van der Waals surface area (Å²) in [4.78, 5) is 23.0. The molecule has 0 saturated carbocycles. The zero-order valence-corrected chi connectivity index (χ0v) is 8.66. The van der Waals surface area contributed by atoms with Gasteiger partial charge in [-0.2, -0.15) is 0 Å². The van der Waals surface area contributed by atoms with Gasteiger partial charge < -0.3 is 9.52 Å². The van der Waals surface area contributed by atoms with E-state index < -0.39 is 5.95 Å². The quantitative estimate of drug-likeness (QED) is 0.716. The van der Waals surface area contributed by atoms with Crippen LogP contribution in [0, 0.1) is 5.92 Å². The first-order valence-electron chi connectivity index (χ1n) is 4.89. The zero-order valence-electron chi connectivity index (χ0n) is 8.66. The van der Waals surface area contributed by atoms with Crippen molar-refractivity contribution < 1.29 is 19.1 Å². The van der Waals surface area contributed by atoms with Crippen molar-refractivity contribution >= 4 is 11.6 Å². The van der Waals surface area contributed by atoms with Crippen LogP contribution in [-0.4, -0.2) is 16.7 Å². The van der Waals surface area contributed by atoms with Crippen LogP contribution < -0.4 is 0 Å². The van der Waals surface area contributed by atoms with Crippen molar-refractivity contribution in [1.29, 1.82) is 0 Å². The van der Waals surface area contributed by atoms with E-state index in [1.807, 2.05) is 6.92 Å². The lowest BCUT2D eigenvalue weighted by Gasteiger charge is -2.15. The van der Waals surface area contributed by atoms with Gasteiger partial charge in [0.25, 0.3) is 5.95 Å². The standard InChI is InChI=1S/C11H12O4/c1-5-3-7(13)10-8(4-5)15-11(14)9(10)6(2)12/h5,14H,3-4H2,1-2H3. The summed E-state index contributed by atoms with van der Waals surface area (Å²) in [6.45, 7) is 3.25. The second kappa shape index (κ2) is 3.22. The number of fused-ring (bicyclic) bond motifs is 1. The van der Waals surface area contributed by atoms with E-state index in [-0.39, 0.29) is 28.6 Å². The summed E-state index contributed by atoms with van der Waals surface area (Å²) in [5, 5.41) is 9.44. The Hall–Kier alpha value is -1.58. The molecule has 0 amide bonds. The van der Waals surface area contributed by atoms with Crippen LogP contribution in [0.2, 0.25) is 0 Å². The van der Waals surface area contributed by atoms with E-state index in [9.17, 15) is 14.7 Å². The number of rotatable bonds is 1. The molecular formula is C11H12O4. The molecule has 0 radical (unpaired) electrons. The van der Waals surface area contributed by atoms with Crippen LogP contribution in [-0.2, 0) is 6.42 Å². The summed E-state index contributed by atoms with van der Waals surface area (Å²) in [5.41, 5.74) is 0.333. The fourth-order valence-electron chi connectivity index (χ4n) is 2.04. The Morgan fingerprint density at radius 1 is 1.47 bits per heavy atom. The highest BCUT2D eigenvalue weighted by molar-refractivity contribution is 6.10. The molecule has 0 aromatic carbocycles. The highest BCUT2D eigenvalue weighted by Crippen LogP contribution is 2.35. The highest BCUT2D eigenvalue weighted by Gasteiger charge is 2.33. The topological polar surface area (TPSA) is 67.5 Å². The minimum absolute atomic E-state index is 0.0434. The van der Waals surface area contributed by atoms with Crippen LogP contribution in [0.5, 0.6) is 5.95 Å². The Bertz CT molecular complexity index is 442. The molecule has 1 N–H and O–H groups in total. The Morgan fingerprint density at radius 2 is 2.13 bits per heavy atom. The lowest BCUT2D eigenvalue weighted by Crippen LogP contribution is -2.18. The summed E-state index contributed by atoms with van der Waals surface area (Å²) in [6.07, 6.45) is 1.01. The van der Waals surface area contributed by atoms with Crippen molar-refractivity contribution in [3.8, 4) is 5.95 Å². The minimum atomic E-state index is -0.421. The maximum absolute atomic E-state index is 11.7.